The Balaban J connectivity index is 2.35. The van der Waals surface area contributed by atoms with Gasteiger partial charge in [-0.25, -0.2) is 0 Å². The lowest BCUT2D eigenvalue weighted by Crippen LogP contribution is -2.14. The molecule has 0 bridgehead atoms. The van der Waals surface area contributed by atoms with Crippen molar-refractivity contribution in [3.05, 3.63) is 69.1 Å². The SMILES string of the molecule is O=c1c(Cl)c(O)c(Cl)c2cc(-c3ccccc3)ccn12. The second-order valence-electron chi connectivity index (χ2n) is 4.32. The third-order valence-corrected chi connectivity index (χ3v) is 3.82. The molecule has 0 amide bonds. The van der Waals surface area contributed by atoms with Crippen molar-refractivity contribution < 1.29 is 5.11 Å². The zero-order chi connectivity index (χ0) is 14.3. The predicted octanol–water partition coefficient (Wildman–Crippen LogP) is 3.98. The first kappa shape index (κ1) is 13.0. The Morgan fingerprint density at radius 1 is 0.950 bits per heavy atom. The fourth-order valence-electron chi connectivity index (χ4n) is 2.08. The number of aromatic hydroxyl groups is 1. The maximum atomic E-state index is 12.0. The number of hydrogen-bond acceptors (Lipinski definition) is 2. The molecule has 1 N–H and O–H groups in total. The number of pyridine rings is 2. The summed E-state index contributed by atoms with van der Waals surface area (Å²) in [4.78, 5) is 12.0. The number of benzene rings is 1. The first-order chi connectivity index (χ1) is 9.59. The summed E-state index contributed by atoms with van der Waals surface area (Å²) in [6, 6.07) is 13.2. The summed E-state index contributed by atoms with van der Waals surface area (Å²) in [5.74, 6) is -0.386. The van der Waals surface area contributed by atoms with Crippen molar-refractivity contribution in [1.82, 2.24) is 4.40 Å². The van der Waals surface area contributed by atoms with Gasteiger partial charge in [0.25, 0.3) is 5.56 Å². The molecule has 0 aliphatic rings. The molecule has 1 aromatic carbocycles. The quantitative estimate of drug-likeness (QED) is 0.739. The number of nitrogens with zero attached hydrogens (tertiary/aromatic N) is 1. The first-order valence-corrected chi connectivity index (χ1v) is 6.63. The molecule has 3 nitrogen and oxygen atoms in total. The van der Waals surface area contributed by atoms with Crippen LogP contribution in [-0.4, -0.2) is 9.51 Å². The monoisotopic (exact) mass is 305 g/mol. The van der Waals surface area contributed by atoms with Crippen LogP contribution in [0.5, 0.6) is 5.75 Å². The van der Waals surface area contributed by atoms with Crippen molar-refractivity contribution >= 4 is 28.7 Å². The van der Waals surface area contributed by atoms with Crippen LogP contribution in [0.3, 0.4) is 0 Å². The number of fused-ring (bicyclic) bond motifs is 1. The lowest BCUT2D eigenvalue weighted by Gasteiger charge is -2.09. The van der Waals surface area contributed by atoms with Crippen molar-refractivity contribution in [1.29, 1.82) is 0 Å². The minimum atomic E-state index is -0.497. The number of halogens is 2. The third-order valence-electron chi connectivity index (χ3n) is 3.11. The van der Waals surface area contributed by atoms with E-state index in [0.717, 1.165) is 11.1 Å². The van der Waals surface area contributed by atoms with Crippen LogP contribution >= 0.6 is 23.2 Å². The number of rotatable bonds is 1. The van der Waals surface area contributed by atoms with Gasteiger partial charge in [-0.15, -0.1) is 0 Å². The topological polar surface area (TPSA) is 41.7 Å². The van der Waals surface area contributed by atoms with Gasteiger partial charge in [-0.1, -0.05) is 53.5 Å². The zero-order valence-electron chi connectivity index (χ0n) is 10.2. The van der Waals surface area contributed by atoms with Crippen LogP contribution in [0.4, 0.5) is 0 Å². The number of aromatic nitrogens is 1. The van der Waals surface area contributed by atoms with E-state index in [1.807, 2.05) is 30.3 Å². The molecule has 2 heterocycles. The second kappa shape index (κ2) is 4.85. The first-order valence-electron chi connectivity index (χ1n) is 5.87. The standard InChI is InChI=1S/C15H9Cl2NO2/c16-12-11-8-10(9-4-2-1-3-5-9)6-7-18(11)15(20)13(17)14(12)19/h1-8,19H. The Labute approximate surface area is 124 Å². The largest absolute Gasteiger partial charge is 0.505 e. The van der Waals surface area contributed by atoms with E-state index in [1.54, 1.807) is 18.3 Å². The summed E-state index contributed by atoms with van der Waals surface area (Å²) in [5, 5.41) is 9.55. The highest BCUT2D eigenvalue weighted by Gasteiger charge is 2.14. The van der Waals surface area contributed by atoms with Crippen LogP contribution in [0.2, 0.25) is 10.0 Å². The Morgan fingerprint density at radius 3 is 2.35 bits per heavy atom. The van der Waals surface area contributed by atoms with Crippen molar-refractivity contribution in [3.63, 3.8) is 0 Å². The van der Waals surface area contributed by atoms with Gasteiger partial charge in [0.1, 0.15) is 10.0 Å². The van der Waals surface area contributed by atoms with Crippen LogP contribution in [-0.2, 0) is 0 Å². The summed E-state index contributed by atoms with van der Waals surface area (Å²) in [7, 11) is 0. The minimum Gasteiger partial charge on any atom is -0.505 e. The van der Waals surface area contributed by atoms with Crippen molar-refractivity contribution in [2.24, 2.45) is 0 Å². The molecule has 0 saturated heterocycles. The van der Waals surface area contributed by atoms with Gasteiger partial charge >= 0.3 is 0 Å². The maximum Gasteiger partial charge on any atom is 0.277 e. The van der Waals surface area contributed by atoms with E-state index in [0.29, 0.717) is 5.52 Å². The Kier molecular flexibility index (Phi) is 3.16. The van der Waals surface area contributed by atoms with Crippen molar-refractivity contribution in [2.75, 3.05) is 0 Å². The molecular formula is C15H9Cl2NO2. The van der Waals surface area contributed by atoms with E-state index < -0.39 is 5.56 Å². The van der Waals surface area contributed by atoms with E-state index in [9.17, 15) is 9.90 Å². The zero-order valence-corrected chi connectivity index (χ0v) is 11.7. The molecule has 0 unspecified atom stereocenters. The fourth-order valence-corrected chi connectivity index (χ4v) is 2.56. The summed E-state index contributed by atoms with van der Waals surface area (Å²) in [6.45, 7) is 0. The molecule has 0 aliphatic carbocycles. The van der Waals surface area contributed by atoms with Gasteiger partial charge in [0.15, 0.2) is 5.75 Å². The van der Waals surface area contributed by atoms with Gasteiger partial charge in [0.05, 0.1) is 5.52 Å². The summed E-state index contributed by atoms with van der Waals surface area (Å²) >= 11 is 11.8. The fraction of sp³-hybridized carbons (Fsp3) is 0. The third kappa shape index (κ3) is 1.96. The van der Waals surface area contributed by atoms with Crippen LogP contribution in [0, 0.1) is 0 Å². The molecule has 100 valence electrons. The molecule has 0 atom stereocenters. The second-order valence-corrected chi connectivity index (χ2v) is 5.07. The molecule has 20 heavy (non-hydrogen) atoms. The van der Waals surface area contributed by atoms with Crippen LogP contribution < -0.4 is 5.56 Å². The molecule has 0 saturated carbocycles. The average molecular weight is 306 g/mol. The normalized spacial score (nSPS) is 10.9. The van der Waals surface area contributed by atoms with Crippen molar-refractivity contribution in [3.8, 4) is 16.9 Å². The van der Waals surface area contributed by atoms with E-state index in [-0.39, 0.29) is 15.8 Å². The van der Waals surface area contributed by atoms with E-state index in [2.05, 4.69) is 0 Å². The van der Waals surface area contributed by atoms with E-state index in [4.69, 9.17) is 23.2 Å². The minimum absolute atomic E-state index is 0.0624. The molecule has 0 aliphatic heterocycles. The highest BCUT2D eigenvalue weighted by atomic mass is 35.5. The Bertz CT molecular complexity index is 857. The Hall–Kier alpha value is -1.97. The summed E-state index contributed by atoms with van der Waals surface area (Å²) < 4.78 is 1.32. The molecule has 2 aromatic heterocycles. The molecular weight excluding hydrogens is 297 g/mol. The lowest BCUT2D eigenvalue weighted by molar-refractivity contribution is 0.475. The number of hydrogen-bond donors (Lipinski definition) is 1. The Morgan fingerprint density at radius 2 is 1.65 bits per heavy atom. The summed E-state index contributed by atoms with van der Waals surface area (Å²) in [6.07, 6.45) is 1.59. The van der Waals surface area contributed by atoms with Gasteiger partial charge in [-0.3, -0.25) is 9.20 Å². The van der Waals surface area contributed by atoms with Crippen LogP contribution in [0.15, 0.2) is 53.5 Å². The van der Waals surface area contributed by atoms with Gasteiger partial charge in [-0.05, 0) is 23.3 Å². The average Bonchev–Trinajstić information content (AvgIpc) is 2.51. The van der Waals surface area contributed by atoms with Crippen molar-refractivity contribution in [2.45, 2.75) is 0 Å². The molecule has 5 heteroatoms. The van der Waals surface area contributed by atoms with Gasteiger partial charge in [-0.2, -0.15) is 0 Å². The van der Waals surface area contributed by atoms with Crippen LogP contribution in [0.1, 0.15) is 0 Å². The predicted molar refractivity (Wildman–Crippen MR) is 80.8 cm³/mol. The van der Waals surface area contributed by atoms with Gasteiger partial charge < -0.3 is 5.11 Å². The highest BCUT2D eigenvalue weighted by molar-refractivity contribution is 6.39. The lowest BCUT2D eigenvalue weighted by atomic mass is 10.1. The molecule has 0 radical (unpaired) electrons. The van der Waals surface area contributed by atoms with E-state index >= 15 is 0 Å². The molecule has 3 rings (SSSR count). The van der Waals surface area contributed by atoms with E-state index in [1.165, 1.54) is 4.40 Å². The highest BCUT2D eigenvalue weighted by Crippen LogP contribution is 2.33. The van der Waals surface area contributed by atoms with Gasteiger partial charge in [0, 0.05) is 6.20 Å². The molecule has 3 aromatic rings. The van der Waals surface area contributed by atoms with Gasteiger partial charge in [0.2, 0.25) is 0 Å². The molecule has 0 spiro atoms. The smallest absolute Gasteiger partial charge is 0.277 e. The molecule has 0 fully saturated rings. The summed E-state index contributed by atoms with van der Waals surface area (Å²) in [5.41, 5.74) is 1.81. The maximum absolute atomic E-state index is 12.0. The van der Waals surface area contributed by atoms with Crippen LogP contribution in [0.25, 0.3) is 16.6 Å².